The van der Waals surface area contributed by atoms with Crippen LogP contribution in [0.25, 0.3) is 21.5 Å². The average molecular weight is 524 g/mol. The van der Waals surface area contributed by atoms with Crippen LogP contribution < -0.4 is 16.2 Å². The number of aromatic nitrogens is 3. The fourth-order valence-electron chi connectivity index (χ4n) is 4.25. The Morgan fingerprint density at radius 2 is 1.79 bits per heavy atom. The molecule has 1 amide bonds. The first kappa shape index (κ1) is 25.4. The van der Waals surface area contributed by atoms with Crippen LogP contribution >= 0.6 is 11.3 Å². The van der Waals surface area contributed by atoms with Gasteiger partial charge in [0.25, 0.3) is 11.5 Å². The molecule has 192 valence electrons. The molecule has 2 aromatic heterocycles. The summed E-state index contributed by atoms with van der Waals surface area (Å²) in [4.78, 5) is 34.9. The first-order valence-corrected chi connectivity index (χ1v) is 13.2. The zero-order valence-electron chi connectivity index (χ0n) is 22.0. The number of nitrogens with one attached hydrogen (secondary N) is 2. The minimum absolute atomic E-state index is 0.0182. The van der Waals surface area contributed by atoms with Crippen molar-refractivity contribution in [2.75, 3.05) is 10.6 Å². The molecule has 8 heteroatoms. The lowest BCUT2D eigenvalue weighted by atomic mass is 9.86. The predicted octanol–water partition coefficient (Wildman–Crippen LogP) is 6.66. The highest BCUT2D eigenvalue weighted by molar-refractivity contribution is 7.16. The van der Waals surface area contributed by atoms with Gasteiger partial charge in [-0.2, -0.15) is 0 Å². The van der Waals surface area contributed by atoms with Crippen LogP contribution in [0.1, 0.15) is 42.3 Å². The van der Waals surface area contributed by atoms with E-state index in [0.717, 1.165) is 27.0 Å². The molecule has 0 saturated carbocycles. The number of rotatable bonds is 5. The van der Waals surface area contributed by atoms with E-state index >= 15 is 0 Å². The highest BCUT2D eigenvalue weighted by Crippen LogP contribution is 2.29. The molecule has 0 bridgehead atoms. The minimum Gasteiger partial charge on any atom is -0.336 e. The number of carbonyl (C=O) groups is 1. The van der Waals surface area contributed by atoms with Crippen molar-refractivity contribution in [2.45, 2.75) is 33.1 Å². The summed E-state index contributed by atoms with van der Waals surface area (Å²) < 4.78 is 2.53. The third-order valence-corrected chi connectivity index (χ3v) is 7.33. The summed E-state index contributed by atoms with van der Waals surface area (Å²) in [5.41, 5.74) is 8.00. The molecule has 5 rings (SSSR count). The summed E-state index contributed by atoms with van der Waals surface area (Å²) in [5, 5.41) is 6.21. The van der Waals surface area contributed by atoms with Gasteiger partial charge >= 0.3 is 0 Å². The van der Waals surface area contributed by atoms with Crippen molar-refractivity contribution in [2.24, 2.45) is 7.05 Å². The van der Waals surface area contributed by atoms with Crippen molar-refractivity contribution in [3.63, 3.8) is 0 Å². The van der Waals surface area contributed by atoms with E-state index in [-0.39, 0.29) is 22.7 Å². The summed E-state index contributed by atoms with van der Waals surface area (Å²) in [5.74, 6) is 0.0431. The lowest BCUT2D eigenvalue weighted by Crippen LogP contribution is -2.21. The van der Waals surface area contributed by atoms with E-state index in [1.165, 1.54) is 21.5 Å². The Bertz CT molecular complexity index is 1710. The molecular formula is C30H29N5O2S. The molecule has 0 fully saturated rings. The maximum absolute atomic E-state index is 13.0. The van der Waals surface area contributed by atoms with Crippen LogP contribution in [-0.2, 0) is 12.5 Å². The van der Waals surface area contributed by atoms with Gasteiger partial charge < -0.3 is 15.2 Å². The van der Waals surface area contributed by atoms with Crippen molar-refractivity contribution in [1.29, 1.82) is 0 Å². The average Bonchev–Trinajstić information content (AvgIpc) is 3.35. The second-order valence-corrected chi connectivity index (χ2v) is 11.2. The summed E-state index contributed by atoms with van der Waals surface area (Å²) >= 11 is 1.54. The number of thiazole rings is 1. The van der Waals surface area contributed by atoms with E-state index in [1.807, 2.05) is 67.6 Å². The van der Waals surface area contributed by atoms with Crippen molar-refractivity contribution < 1.29 is 4.79 Å². The molecule has 0 aliphatic carbocycles. The van der Waals surface area contributed by atoms with E-state index < -0.39 is 0 Å². The Morgan fingerprint density at radius 1 is 1.03 bits per heavy atom. The summed E-state index contributed by atoms with van der Waals surface area (Å²) in [6.07, 6.45) is 1.71. The number of aryl methyl sites for hydroxylation is 1. The molecule has 2 heterocycles. The van der Waals surface area contributed by atoms with Crippen molar-refractivity contribution in [3.05, 3.63) is 99.4 Å². The Hall–Kier alpha value is -4.30. The molecule has 0 spiro atoms. The molecule has 0 unspecified atom stereocenters. The number of amides is 1. The number of anilines is 3. The first-order chi connectivity index (χ1) is 18.1. The Labute approximate surface area is 225 Å². The first-order valence-electron chi connectivity index (χ1n) is 12.3. The molecule has 3 aromatic carbocycles. The van der Waals surface area contributed by atoms with Gasteiger partial charge in [-0.15, -0.1) is 11.3 Å². The largest absolute Gasteiger partial charge is 0.336 e. The Kier molecular flexibility index (Phi) is 6.59. The number of carbonyl (C=O) groups excluding carboxylic acids is 1. The molecule has 0 saturated heterocycles. The van der Waals surface area contributed by atoms with Crippen LogP contribution in [0.5, 0.6) is 0 Å². The monoisotopic (exact) mass is 523 g/mol. The van der Waals surface area contributed by atoms with Crippen LogP contribution in [0.2, 0.25) is 0 Å². The maximum Gasteiger partial charge on any atom is 0.293 e. The van der Waals surface area contributed by atoms with Crippen molar-refractivity contribution in [3.8, 4) is 11.3 Å². The normalized spacial score (nSPS) is 11.5. The molecule has 0 atom stereocenters. The van der Waals surface area contributed by atoms with Crippen molar-refractivity contribution in [1.82, 2.24) is 14.5 Å². The number of nitrogens with zero attached hydrogens (tertiary/aromatic N) is 3. The second-order valence-electron chi connectivity index (χ2n) is 10.3. The van der Waals surface area contributed by atoms with Gasteiger partial charge in [-0.25, -0.2) is 9.97 Å². The fourth-order valence-corrected chi connectivity index (χ4v) is 4.97. The molecule has 0 aliphatic heterocycles. The summed E-state index contributed by atoms with van der Waals surface area (Å²) in [7, 11) is 1.70. The fraction of sp³-hybridized carbons (Fsp3) is 0.200. The molecule has 38 heavy (non-hydrogen) atoms. The highest BCUT2D eigenvalue weighted by atomic mass is 32.1. The summed E-state index contributed by atoms with van der Waals surface area (Å²) in [6.45, 7) is 8.37. The van der Waals surface area contributed by atoms with Gasteiger partial charge in [-0.1, -0.05) is 45.0 Å². The lowest BCUT2D eigenvalue weighted by Gasteiger charge is -2.19. The van der Waals surface area contributed by atoms with Gasteiger partial charge in [0.1, 0.15) is 0 Å². The van der Waals surface area contributed by atoms with Gasteiger partial charge in [-0.05, 0) is 59.9 Å². The van der Waals surface area contributed by atoms with Crippen molar-refractivity contribution >= 4 is 44.7 Å². The molecular weight excluding hydrogens is 494 g/mol. The summed E-state index contributed by atoms with van der Waals surface area (Å²) in [6, 6.07) is 19.1. The molecule has 2 N–H and O–H groups in total. The number of hydrogen-bond acceptors (Lipinski definition) is 6. The van der Waals surface area contributed by atoms with Gasteiger partial charge in [0.15, 0.2) is 5.82 Å². The Morgan fingerprint density at radius 3 is 2.53 bits per heavy atom. The maximum atomic E-state index is 13.0. The van der Waals surface area contributed by atoms with Crippen LogP contribution in [0.3, 0.4) is 0 Å². The van der Waals surface area contributed by atoms with Gasteiger partial charge in [-0.3, -0.25) is 9.59 Å². The predicted molar refractivity (Wildman–Crippen MR) is 156 cm³/mol. The lowest BCUT2D eigenvalue weighted by molar-refractivity contribution is 0.102. The van der Waals surface area contributed by atoms with E-state index in [4.69, 9.17) is 0 Å². The van der Waals surface area contributed by atoms with Crippen LogP contribution in [0.4, 0.5) is 17.2 Å². The zero-order chi connectivity index (χ0) is 27.0. The third-order valence-electron chi connectivity index (χ3n) is 6.54. The number of fused-ring (bicyclic) bond motifs is 1. The smallest absolute Gasteiger partial charge is 0.293 e. The van der Waals surface area contributed by atoms with Gasteiger partial charge in [0.05, 0.1) is 21.4 Å². The molecule has 0 aliphatic rings. The van der Waals surface area contributed by atoms with Crippen LogP contribution in [0, 0.1) is 6.92 Å². The zero-order valence-corrected chi connectivity index (χ0v) is 22.8. The number of benzene rings is 3. The molecule has 5 aromatic rings. The third kappa shape index (κ3) is 5.08. The quantitative estimate of drug-likeness (QED) is 0.269. The van der Waals surface area contributed by atoms with Gasteiger partial charge in [0.2, 0.25) is 0 Å². The van der Waals surface area contributed by atoms with E-state index in [2.05, 4.69) is 41.4 Å². The van der Waals surface area contributed by atoms with E-state index in [0.29, 0.717) is 16.9 Å². The molecule has 7 nitrogen and oxygen atoms in total. The molecule has 0 radical (unpaired) electrons. The van der Waals surface area contributed by atoms with E-state index in [1.54, 1.807) is 18.8 Å². The standard InChI is InChI=1S/C30H29N5O2S/c1-18-22(7-6-8-23(18)34-28(36)19-9-11-20(12-10-19)30(2,3)4)25-16-35(5)29(37)27(33-25)32-21-13-14-24-26(15-21)38-17-31-24/h6-17H,1-5H3,(H,32,33)(H,34,36). The minimum atomic E-state index is -0.237. The van der Waals surface area contributed by atoms with Crippen LogP contribution in [0.15, 0.2) is 77.2 Å². The SMILES string of the molecule is Cc1c(NC(=O)c2ccc(C(C)(C)C)cc2)cccc1-c1cn(C)c(=O)c(Nc2ccc3ncsc3c2)n1. The second kappa shape index (κ2) is 9.87. The van der Waals surface area contributed by atoms with Gasteiger partial charge in [0, 0.05) is 35.7 Å². The van der Waals surface area contributed by atoms with Crippen LogP contribution in [-0.4, -0.2) is 20.4 Å². The highest BCUT2D eigenvalue weighted by Gasteiger charge is 2.17. The van der Waals surface area contributed by atoms with E-state index in [9.17, 15) is 9.59 Å². The topological polar surface area (TPSA) is 88.9 Å². The number of hydrogen-bond donors (Lipinski definition) is 2. The Balaban J connectivity index is 1.43.